The lowest BCUT2D eigenvalue weighted by Crippen LogP contribution is -2.42. The van der Waals surface area contributed by atoms with Crippen LogP contribution in [0.4, 0.5) is 5.69 Å². The van der Waals surface area contributed by atoms with Crippen LogP contribution in [0.2, 0.25) is 0 Å². The number of ketones is 1. The maximum absolute atomic E-state index is 13.0. The van der Waals surface area contributed by atoms with Gasteiger partial charge >= 0.3 is 0 Å². The van der Waals surface area contributed by atoms with Crippen molar-refractivity contribution < 1.29 is 14.5 Å². The first-order valence-corrected chi connectivity index (χ1v) is 9.65. The van der Waals surface area contributed by atoms with Crippen molar-refractivity contribution in [2.24, 2.45) is 10.4 Å². The van der Waals surface area contributed by atoms with E-state index in [9.17, 15) is 19.7 Å². The van der Waals surface area contributed by atoms with E-state index in [1.807, 2.05) is 20.8 Å². The molecule has 1 fully saturated rings. The number of nitro benzene ring substituents is 1. The van der Waals surface area contributed by atoms with E-state index in [2.05, 4.69) is 4.99 Å². The standard InChI is InChI=1S/C19H19N3O4S/c1-10-17(24)21-16(11-4-6-12(7-5-11)22(25)26)15-13(20-18(21)27-10)8-19(2,3)9-14(15)23/h4-7,10,16H,8-9H2,1-3H3. The Balaban J connectivity index is 1.87. The van der Waals surface area contributed by atoms with Gasteiger partial charge in [-0.05, 0) is 36.5 Å². The lowest BCUT2D eigenvalue weighted by atomic mass is 9.73. The Morgan fingerprint density at radius 1 is 1.22 bits per heavy atom. The summed E-state index contributed by atoms with van der Waals surface area (Å²) in [6.45, 7) is 5.90. The number of carbonyl (C=O) groups is 2. The number of thioether (sulfide) groups is 1. The van der Waals surface area contributed by atoms with Gasteiger partial charge < -0.3 is 0 Å². The van der Waals surface area contributed by atoms with E-state index >= 15 is 0 Å². The van der Waals surface area contributed by atoms with Gasteiger partial charge in [0.2, 0.25) is 5.91 Å². The van der Waals surface area contributed by atoms with Crippen LogP contribution >= 0.6 is 11.8 Å². The molecule has 3 aliphatic rings. The molecule has 0 N–H and O–H groups in total. The summed E-state index contributed by atoms with van der Waals surface area (Å²) in [5, 5.41) is 11.3. The van der Waals surface area contributed by atoms with Crippen LogP contribution in [0.25, 0.3) is 0 Å². The number of nitrogens with zero attached hydrogens (tertiary/aromatic N) is 3. The van der Waals surface area contributed by atoms with Crippen LogP contribution in [0.1, 0.15) is 45.2 Å². The van der Waals surface area contributed by atoms with E-state index in [0.717, 1.165) is 5.70 Å². The topological polar surface area (TPSA) is 92.9 Å². The van der Waals surface area contributed by atoms with Crippen molar-refractivity contribution in [3.63, 3.8) is 0 Å². The molecule has 1 aliphatic carbocycles. The van der Waals surface area contributed by atoms with Crippen LogP contribution in [0.15, 0.2) is 40.5 Å². The molecule has 0 saturated carbocycles. The molecule has 1 saturated heterocycles. The third kappa shape index (κ3) is 2.88. The summed E-state index contributed by atoms with van der Waals surface area (Å²) in [4.78, 5) is 42.6. The number of hydrogen-bond donors (Lipinski definition) is 0. The van der Waals surface area contributed by atoms with Gasteiger partial charge in [0.1, 0.15) is 0 Å². The minimum Gasteiger partial charge on any atom is -0.294 e. The summed E-state index contributed by atoms with van der Waals surface area (Å²) in [5.41, 5.74) is 1.78. The third-order valence-corrected chi connectivity index (χ3v) is 6.21. The molecule has 2 unspecified atom stereocenters. The summed E-state index contributed by atoms with van der Waals surface area (Å²) < 4.78 is 0. The number of hydrogen-bond acceptors (Lipinski definition) is 6. The molecular weight excluding hydrogens is 366 g/mol. The highest BCUT2D eigenvalue weighted by Gasteiger charge is 2.48. The molecule has 1 aromatic carbocycles. The van der Waals surface area contributed by atoms with Crippen LogP contribution in [0.3, 0.4) is 0 Å². The third-order valence-electron chi connectivity index (χ3n) is 5.15. The predicted octanol–water partition coefficient (Wildman–Crippen LogP) is 3.61. The van der Waals surface area contributed by atoms with E-state index in [4.69, 9.17) is 0 Å². The molecular formula is C19H19N3O4S. The maximum atomic E-state index is 13.0. The van der Waals surface area contributed by atoms with Gasteiger partial charge in [0, 0.05) is 24.1 Å². The van der Waals surface area contributed by atoms with Gasteiger partial charge in [-0.1, -0.05) is 25.6 Å². The van der Waals surface area contributed by atoms with Crippen molar-refractivity contribution in [3.05, 3.63) is 51.2 Å². The molecule has 2 heterocycles. The van der Waals surface area contributed by atoms with Gasteiger partial charge in [-0.25, -0.2) is 4.99 Å². The van der Waals surface area contributed by atoms with Crippen molar-refractivity contribution in [2.75, 3.05) is 0 Å². The highest BCUT2D eigenvalue weighted by Crippen LogP contribution is 2.49. The highest BCUT2D eigenvalue weighted by atomic mass is 32.2. The second-order valence-corrected chi connectivity index (χ2v) is 9.22. The molecule has 0 bridgehead atoms. The van der Waals surface area contributed by atoms with Crippen molar-refractivity contribution in [3.8, 4) is 0 Å². The minimum atomic E-state index is -0.568. The Hall–Kier alpha value is -2.48. The Morgan fingerprint density at radius 2 is 1.89 bits per heavy atom. The lowest BCUT2D eigenvalue weighted by molar-refractivity contribution is -0.384. The Kier molecular flexibility index (Phi) is 3.99. The molecule has 8 heteroatoms. The second-order valence-electron chi connectivity index (χ2n) is 7.92. The average Bonchev–Trinajstić information content (AvgIpc) is 2.86. The Bertz CT molecular complexity index is 933. The molecule has 7 nitrogen and oxygen atoms in total. The zero-order valence-electron chi connectivity index (χ0n) is 15.3. The van der Waals surface area contributed by atoms with Gasteiger partial charge in [-0.3, -0.25) is 24.6 Å². The second kappa shape index (κ2) is 6.02. The van der Waals surface area contributed by atoms with Gasteiger partial charge in [-0.15, -0.1) is 0 Å². The number of non-ortho nitro benzene ring substituents is 1. The van der Waals surface area contributed by atoms with E-state index in [-0.39, 0.29) is 28.0 Å². The van der Waals surface area contributed by atoms with E-state index < -0.39 is 11.0 Å². The van der Waals surface area contributed by atoms with Gasteiger partial charge in [-0.2, -0.15) is 0 Å². The SMILES string of the molecule is CC1SC2=NC3=C(C(=O)CC(C)(C)C3)C(c3ccc([N+](=O)[O-])cc3)N2C1=O. The number of Topliss-reactive ketones (excluding diaryl/α,β-unsaturated/α-hetero) is 1. The monoisotopic (exact) mass is 385 g/mol. The molecule has 140 valence electrons. The number of amidine groups is 1. The number of aliphatic imine (C=N–C) groups is 1. The summed E-state index contributed by atoms with van der Waals surface area (Å²) >= 11 is 1.39. The summed E-state index contributed by atoms with van der Waals surface area (Å²) in [5.74, 6) is -0.101. The molecule has 1 aromatic rings. The van der Waals surface area contributed by atoms with Crippen molar-refractivity contribution in [1.29, 1.82) is 0 Å². The lowest BCUT2D eigenvalue weighted by Gasteiger charge is -2.39. The number of nitro groups is 1. The summed E-state index contributed by atoms with van der Waals surface area (Å²) in [6.07, 6.45) is 1.06. The zero-order valence-corrected chi connectivity index (χ0v) is 16.1. The van der Waals surface area contributed by atoms with E-state index in [1.165, 1.54) is 23.9 Å². The van der Waals surface area contributed by atoms with Gasteiger partial charge in [0.15, 0.2) is 11.0 Å². The van der Waals surface area contributed by atoms with Crippen LogP contribution in [0.5, 0.6) is 0 Å². The molecule has 2 aliphatic heterocycles. The zero-order chi connectivity index (χ0) is 19.5. The van der Waals surface area contributed by atoms with Crippen LogP contribution in [0, 0.1) is 15.5 Å². The fourth-order valence-corrected chi connectivity index (χ4v) is 4.93. The maximum Gasteiger partial charge on any atom is 0.269 e. The number of carbonyl (C=O) groups excluding carboxylic acids is 2. The summed E-state index contributed by atoms with van der Waals surface area (Å²) in [6, 6.07) is 5.51. The van der Waals surface area contributed by atoms with E-state index in [0.29, 0.717) is 29.1 Å². The fourth-order valence-electron chi connectivity index (χ4n) is 3.92. The molecule has 0 aromatic heterocycles. The van der Waals surface area contributed by atoms with E-state index in [1.54, 1.807) is 17.0 Å². The van der Waals surface area contributed by atoms with Crippen LogP contribution in [-0.4, -0.2) is 31.9 Å². The first kappa shape index (κ1) is 17.9. The number of benzene rings is 1. The fraction of sp³-hybridized carbons (Fsp3) is 0.421. The highest BCUT2D eigenvalue weighted by molar-refractivity contribution is 8.15. The minimum absolute atomic E-state index is 0.00949. The first-order chi connectivity index (χ1) is 12.7. The predicted molar refractivity (Wildman–Crippen MR) is 102 cm³/mol. The van der Waals surface area contributed by atoms with Crippen molar-refractivity contribution >= 4 is 34.3 Å². The summed E-state index contributed by atoms with van der Waals surface area (Å²) in [7, 11) is 0. The number of fused-ring (bicyclic) bond motifs is 1. The van der Waals surface area contributed by atoms with Gasteiger partial charge in [0.25, 0.3) is 5.69 Å². The number of allylic oxidation sites excluding steroid dienone is 1. The molecule has 4 rings (SSSR count). The van der Waals surface area contributed by atoms with Crippen LogP contribution < -0.4 is 0 Å². The van der Waals surface area contributed by atoms with Crippen molar-refractivity contribution in [1.82, 2.24) is 4.90 Å². The molecule has 0 radical (unpaired) electrons. The quantitative estimate of drug-likeness (QED) is 0.573. The molecule has 0 spiro atoms. The van der Waals surface area contributed by atoms with Crippen molar-refractivity contribution in [2.45, 2.75) is 44.9 Å². The van der Waals surface area contributed by atoms with Gasteiger partial charge in [0.05, 0.1) is 21.9 Å². The Morgan fingerprint density at radius 3 is 2.52 bits per heavy atom. The Labute approximate surface area is 160 Å². The molecule has 2 atom stereocenters. The normalized spacial score (nSPS) is 26.6. The molecule has 1 amide bonds. The largest absolute Gasteiger partial charge is 0.294 e. The smallest absolute Gasteiger partial charge is 0.269 e. The number of amides is 1. The average molecular weight is 385 g/mol. The van der Waals surface area contributed by atoms with Crippen LogP contribution in [-0.2, 0) is 9.59 Å². The first-order valence-electron chi connectivity index (χ1n) is 8.77. The molecule has 27 heavy (non-hydrogen) atoms. The number of rotatable bonds is 2.